The summed E-state index contributed by atoms with van der Waals surface area (Å²) in [5.41, 5.74) is 0. The molecule has 2 atom stereocenters. The Balaban J connectivity index is 4.09. The van der Waals surface area contributed by atoms with Gasteiger partial charge in [0.2, 0.25) is 0 Å². The fraction of sp³-hybridized carbons (Fsp3) is 1.00. The van der Waals surface area contributed by atoms with Gasteiger partial charge in [0, 0.05) is 0 Å². The molecular weight excluding hydrogens is 283 g/mol. The third kappa shape index (κ3) is 6.41. The van der Waals surface area contributed by atoms with Crippen LogP contribution in [0.2, 0.25) is 28.2 Å². The number of aliphatic hydroxyl groups is 1. The second-order valence-corrected chi connectivity index (χ2v) is 13.8. The topological polar surface area (TPSA) is 38.7 Å². The SMILES string of the molecule is CC[As](CCO)CC(C)C[Si](C)(OC)OC. The van der Waals surface area contributed by atoms with E-state index in [1.54, 1.807) is 14.2 Å². The molecular formula is C11H27AsO3Si. The van der Waals surface area contributed by atoms with Gasteiger partial charge in [0.15, 0.2) is 0 Å². The van der Waals surface area contributed by atoms with Crippen molar-refractivity contribution < 1.29 is 14.0 Å². The van der Waals surface area contributed by atoms with E-state index in [9.17, 15) is 0 Å². The summed E-state index contributed by atoms with van der Waals surface area (Å²) in [5, 5.41) is 12.7. The maximum atomic E-state index is 9.00. The summed E-state index contributed by atoms with van der Waals surface area (Å²) in [6.07, 6.45) is 0. The first-order chi connectivity index (χ1) is 7.51. The molecule has 0 radical (unpaired) electrons. The fourth-order valence-corrected chi connectivity index (χ4v) is 8.65. The van der Waals surface area contributed by atoms with Crippen LogP contribution in [-0.2, 0) is 8.85 Å². The Morgan fingerprint density at radius 1 is 1.31 bits per heavy atom. The summed E-state index contributed by atoms with van der Waals surface area (Å²) in [7, 11) is 1.61. The van der Waals surface area contributed by atoms with Gasteiger partial charge in [0.05, 0.1) is 0 Å². The van der Waals surface area contributed by atoms with Crippen molar-refractivity contribution in [2.45, 2.75) is 42.1 Å². The Labute approximate surface area is 106 Å². The van der Waals surface area contributed by atoms with Gasteiger partial charge in [-0.05, 0) is 0 Å². The van der Waals surface area contributed by atoms with Gasteiger partial charge in [0.1, 0.15) is 0 Å². The third-order valence-corrected chi connectivity index (χ3v) is 12.2. The molecule has 0 aromatic carbocycles. The summed E-state index contributed by atoms with van der Waals surface area (Å²) in [6.45, 7) is 7.03. The molecule has 0 aromatic heterocycles. The van der Waals surface area contributed by atoms with Crippen LogP contribution in [0.15, 0.2) is 0 Å². The molecule has 2 unspecified atom stereocenters. The van der Waals surface area contributed by atoms with Crippen molar-refractivity contribution in [2.75, 3.05) is 20.8 Å². The van der Waals surface area contributed by atoms with E-state index in [4.69, 9.17) is 14.0 Å². The van der Waals surface area contributed by atoms with Crippen molar-refractivity contribution in [3.8, 4) is 0 Å². The second-order valence-electron chi connectivity index (χ2n) is 4.47. The summed E-state index contributed by atoms with van der Waals surface area (Å²) in [5.74, 6) is 0.670. The Bertz CT molecular complexity index is 177. The van der Waals surface area contributed by atoms with E-state index in [1.807, 2.05) is 0 Å². The van der Waals surface area contributed by atoms with Gasteiger partial charge in [-0.1, -0.05) is 0 Å². The van der Waals surface area contributed by atoms with Crippen molar-refractivity contribution in [3.63, 3.8) is 0 Å². The zero-order chi connectivity index (χ0) is 12.6. The summed E-state index contributed by atoms with van der Waals surface area (Å²) in [4.78, 5) is 0. The molecule has 5 heteroatoms. The first-order valence-electron chi connectivity index (χ1n) is 5.94. The normalized spacial score (nSPS) is 16.1. The molecule has 98 valence electrons. The van der Waals surface area contributed by atoms with Crippen LogP contribution in [0.25, 0.3) is 0 Å². The first kappa shape index (κ1) is 16.7. The van der Waals surface area contributed by atoms with Crippen LogP contribution in [0.3, 0.4) is 0 Å². The fourth-order valence-electron chi connectivity index (χ4n) is 1.91. The van der Waals surface area contributed by atoms with Crippen LogP contribution < -0.4 is 0 Å². The first-order valence-corrected chi connectivity index (χ1v) is 12.4. The minimum absolute atomic E-state index is 0.365. The molecule has 16 heavy (non-hydrogen) atoms. The molecule has 1 N–H and O–H groups in total. The molecule has 0 aliphatic rings. The van der Waals surface area contributed by atoms with Gasteiger partial charge in [-0.15, -0.1) is 0 Å². The van der Waals surface area contributed by atoms with E-state index in [1.165, 1.54) is 10.4 Å². The van der Waals surface area contributed by atoms with Crippen molar-refractivity contribution in [1.82, 2.24) is 0 Å². The summed E-state index contributed by atoms with van der Waals surface area (Å²) < 4.78 is 11.0. The molecule has 0 saturated carbocycles. The standard InChI is InChI=1S/C11H27AsO3Si/c1-6-12(7-8-13)9-11(2)10-16(5,14-3)15-4/h11,13H,6-10H2,1-5H3. The van der Waals surface area contributed by atoms with Gasteiger partial charge in [-0.2, -0.15) is 0 Å². The van der Waals surface area contributed by atoms with E-state index >= 15 is 0 Å². The van der Waals surface area contributed by atoms with Crippen molar-refractivity contribution in [3.05, 3.63) is 0 Å². The average Bonchev–Trinajstić information content (AvgIpc) is 2.28. The minimum atomic E-state index is -1.90. The van der Waals surface area contributed by atoms with Gasteiger partial charge in [-0.25, -0.2) is 0 Å². The van der Waals surface area contributed by atoms with Crippen LogP contribution in [-0.4, -0.2) is 49.1 Å². The van der Waals surface area contributed by atoms with Crippen LogP contribution in [0, 0.1) is 5.92 Å². The number of hydrogen-bond acceptors (Lipinski definition) is 3. The van der Waals surface area contributed by atoms with E-state index in [-0.39, 0.29) is 0 Å². The van der Waals surface area contributed by atoms with E-state index < -0.39 is 23.2 Å². The Kier molecular flexibility index (Phi) is 9.06. The summed E-state index contributed by atoms with van der Waals surface area (Å²) >= 11 is -0.789. The molecule has 0 aromatic rings. The van der Waals surface area contributed by atoms with Gasteiger partial charge in [-0.3, -0.25) is 0 Å². The van der Waals surface area contributed by atoms with Crippen LogP contribution in [0.1, 0.15) is 13.8 Å². The Morgan fingerprint density at radius 2 is 1.88 bits per heavy atom. The molecule has 0 heterocycles. The predicted octanol–water partition coefficient (Wildman–Crippen LogP) is 2.49. The van der Waals surface area contributed by atoms with E-state index in [0.29, 0.717) is 12.5 Å². The predicted molar refractivity (Wildman–Crippen MR) is 72.5 cm³/mol. The summed E-state index contributed by atoms with van der Waals surface area (Å²) in [6, 6.07) is 1.07. The Morgan fingerprint density at radius 3 is 2.25 bits per heavy atom. The molecule has 0 fully saturated rings. The zero-order valence-electron chi connectivity index (χ0n) is 11.3. The van der Waals surface area contributed by atoms with Crippen molar-refractivity contribution in [1.29, 1.82) is 0 Å². The maximum absolute atomic E-state index is 9.00. The van der Waals surface area contributed by atoms with Crippen molar-refractivity contribution >= 4 is 23.2 Å². The molecule has 0 rings (SSSR count). The van der Waals surface area contributed by atoms with Crippen molar-refractivity contribution in [2.24, 2.45) is 5.92 Å². The molecule has 0 aliphatic heterocycles. The average molecular weight is 310 g/mol. The molecule has 0 amide bonds. The molecule has 3 nitrogen and oxygen atoms in total. The van der Waals surface area contributed by atoms with Crippen LogP contribution in [0.5, 0.6) is 0 Å². The number of rotatable bonds is 9. The number of aliphatic hydroxyl groups excluding tert-OH is 1. The monoisotopic (exact) mass is 310 g/mol. The van der Waals surface area contributed by atoms with Crippen LogP contribution >= 0.6 is 0 Å². The van der Waals surface area contributed by atoms with E-state index in [2.05, 4.69) is 20.4 Å². The molecule has 0 spiro atoms. The Hall–Kier alpha value is 0.655. The van der Waals surface area contributed by atoms with Gasteiger partial charge < -0.3 is 0 Å². The van der Waals surface area contributed by atoms with Gasteiger partial charge in [0.25, 0.3) is 0 Å². The second kappa shape index (κ2) is 8.70. The quantitative estimate of drug-likeness (QED) is 0.665. The zero-order valence-corrected chi connectivity index (χ0v) is 14.2. The van der Waals surface area contributed by atoms with E-state index in [0.717, 1.165) is 11.3 Å². The van der Waals surface area contributed by atoms with Gasteiger partial charge >= 0.3 is 106 Å². The molecule has 0 saturated heterocycles. The third-order valence-electron chi connectivity index (χ3n) is 3.02. The number of hydrogen-bond donors (Lipinski definition) is 1. The molecule has 0 aliphatic carbocycles. The van der Waals surface area contributed by atoms with Crippen LogP contribution in [0.4, 0.5) is 0 Å². The molecule has 0 bridgehead atoms.